The molecule has 0 aromatic heterocycles. The summed E-state index contributed by atoms with van der Waals surface area (Å²) in [6.07, 6.45) is 1.28. The van der Waals surface area contributed by atoms with Gasteiger partial charge in [0.1, 0.15) is 0 Å². The molecule has 0 heterocycles. The zero-order valence-corrected chi connectivity index (χ0v) is 21.1. The number of rotatable bonds is 11. The minimum absolute atomic E-state index is 0.0604. The number of anilines is 1. The van der Waals surface area contributed by atoms with E-state index >= 15 is 0 Å². The maximum absolute atomic E-state index is 12.5. The van der Waals surface area contributed by atoms with E-state index in [-0.39, 0.29) is 23.0 Å². The van der Waals surface area contributed by atoms with E-state index in [1.807, 2.05) is 12.1 Å². The van der Waals surface area contributed by atoms with E-state index in [1.54, 1.807) is 31.2 Å². The van der Waals surface area contributed by atoms with Crippen molar-refractivity contribution < 1.29 is 13.2 Å². The summed E-state index contributed by atoms with van der Waals surface area (Å²) in [7, 11) is -3.23. The summed E-state index contributed by atoms with van der Waals surface area (Å²) in [5.41, 5.74) is 5.38. The van der Waals surface area contributed by atoms with E-state index in [0.717, 1.165) is 37.3 Å². The molecule has 34 heavy (non-hydrogen) atoms. The van der Waals surface area contributed by atoms with Gasteiger partial charge in [0.15, 0.2) is 9.84 Å². The van der Waals surface area contributed by atoms with Crippen LogP contribution in [0.1, 0.15) is 42.5 Å². The van der Waals surface area contributed by atoms with Gasteiger partial charge in [0.25, 0.3) is 0 Å². The fraction of sp³-hybridized carbons (Fsp3) is 0.321. The van der Waals surface area contributed by atoms with E-state index in [2.05, 4.69) is 60.5 Å². The van der Waals surface area contributed by atoms with Crippen molar-refractivity contribution in [3.63, 3.8) is 0 Å². The highest BCUT2D eigenvalue weighted by Crippen LogP contribution is 2.17. The zero-order chi connectivity index (χ0) is 24.6. The van der Waals surface area contributed by atoms with Gasteiger partial charge in [0, 0.05) is 18.8 Å². The van der Waals surface area contributed by atoms with Gasteiger partial charge in [-0.05, 0) is 66.4 Å². The maximum Gasteiger partial charge on any atom is 0.228 e. The summed E-state index contributed by atoms with van der Waals surface area (Å²) in [5.74, 6) is -0.0729. The van der Waals surface area contributed by atoms with Crippen LogP contribution in [0.15, 0.2) is 77.7 Å². The quantitative estimate of drug-likeness (QED) is 0.402. The van der Waals surface area contributed by atoms with E-state index < -0.39 is 9.84 Å². The highest BCUT2D eigenvalue weighted by molar-refractivity contribution is 7.91. The molecule has 0 aliphatic carbocycles. The SMILES string of the molecule is CCCN(Cc1ccc(NC(=O)Cc2ccc(S(=O)(=O)CC)cc2)cc1)Cc1ccccc1C. The Morgan fingerprint density at radius 1 is 0.853 bits per heavy atom. The van der Waals surface area contributed by atoms with E-state index in [0.29, 0.717) is 0 Å². The molecule has 1 N–H and O–H groups in total. The number of hydrogen-bond donors (Lipinski definition) is 1. The van der Waals surface area contributed by atoms with E-state index in [9.17, 15) is 13.2 Å². The number of nitrogens with one attached hydrogen (secondary N) is 1. The highest BCUT2D eigenvalue weighted by atomic mass is 32.2. The Hall–Kier alpha value is -2.96. The second-order valence-electron chi connectivity index (χ2n) is 8.61. The molecule has 0 aliphatic rings. The Morgan fingerprint density at radius 2 is 1.50 bits per heavy atom. The Balaban J connectivity index is 1.57. The predicted octanol–water partition coefficient (Wildman–Crippen LogP) is 5.38. The second-order valence-corrected chi connectivity index (χ2v) is 10.9. The first kappa shape index (κ1) is 25.7. The molecule has 0 atom stereocenters. The molecule has 3 aromatic rings. The van der Waals surface area contributed by atoms with E-state index in [4.69, 9.17) is 0 Å². The number of carbonyl (C=O) groups excluding carboxylic acids is 1. The molecular weight excluding hydrogens is 444 g/mol. The van der Waals surface area contributed by atoms with Gasteiger partial charge in [-0.1, -0.05) is 62.4 Å². The molecule has 3 aromatic carbocycles. The van der Waals surface area contributed by atoms with Crippen LogP contribution >= 0.6 is 0 Å². The predicted molar refractivity (Wildman–Crippen MR) is 139 cm³/mol. The Bertz CT molecular complexity index is 1190. The van der Waals surface area contributed by atoms with Gasteiger partial charge < -0.3 is 5.32 Å². The number of sulfone groups is 1. The summed E-state index contributed by atoms with van der Waals surface area (Å²) in [4.78, 5) is 15.2. The smallest absolute Gasteiger partial charge is 0.228 e. The van der Waals surface area contributed by atoms with E-state index in [1.165, 1.54) is 16.7 Å². The Kier molecular flexibility index (Phi) is 9.02. The van der Waals surface area contributed by atoms with Crippen LogP contribution in [0.5, 0.6) is 0 Å². The van der Waals surface area contributed by atoms with Crippen LogP contribution in [0.3, 0.4) is 0 Å². The number of amides is 1. The Morgan fingerprint density at radius 3 is 2.12 bits per heavy atom. The molecule has 5 nitrogen and oxygen atoms in total. The second kappa shape index (κ2) is 12.0. The minimum Gasteiger partial charge on any atom is -0.326 e. The molecule has 3 rings (SSSR count). The summed E-state index contributed by atoms with van der Waals surface area (Å²) in [6, 6.07) is 23.0. The molecule has 0 fully saturated rings. The lowest BCUT2D eigenvalue weighted by Crippen LogP contribution is -2.24. The number of nitrogens with zero attached hydrogens (tertiary/aromatic N) is 1. The molecule has 1 amide bonds. The number of carbonyl (C=O) groups is 1. The molecule has 0 bridgehead atoms. The zero-order valence-electron chi connectivity index (χ0n) is 20.3. The molecule has 0 unspecified atom stereocenters. The normalized spacial score (nSPS) is 11.5. The van der Waals surface area contributed by atoms with Crippen LogP contribution in [0.2, 0.25) is 0 Å². The van der Waals surface area contributed by atoms with Crippen molar-refractivity contribution in [1.82, 2.24) is 4.90 Å². The molecule has 0 radical (unpaired) electrons. The van der Waals surface area contributed by atoms with Crippen molar-refractivity contribution in [1.29, 1.82) is 0 Å². The molecule has 0 saturated heterocycles. The number of benzene rings is 3. The molecule has 0 aliphatic heterocycles. The first-order valence-corrected chi connectivity index (χ1v) is 13.4. The molecule has 6 heteroatoms. The topological polar surface area (TPSA) is 66.5 Å². The minimum atomic E-state index is -3.23. The van der Waals surface area contributed by atoms with Crippen molar-refractivity contribution in [3.8, 4) is 0 Å². The molecule has 180 valence electrons. The first-order valence-electron chi connectivity index (χ1n) is 11.8. The van der Waals surface area contributed by atoms with Crippen molar-refractivity contribution in [2.45, 2.75) is 51.6 Å². The van der Waals surface area contributed by atoms with Gasteiger partial charge in [0.2, 0.25) is 5.91 Å². The number of aryl methyl sites for hydroxylation is 1. The summed E-state index contributed by atoms with van der Waals surface area (Å²) in [5, 5.41) is 2.93. The maximum atomic E-state index is 12.5. The van der Waals surface area contributed by atoms with Crippen molar-refractivity contribution in [2.75, 3.05) is 17.6 Å². The van der Waals surface area contributed by atoms with Crippen LogP contribution in [-0.4, -0.2) is 31.5 Å². The van der Waals surface area contributed by atoms with Gasteiger partial charge >= 0.3 is 0 Å². The average molecular weight is 479 g/mol. The van der Waals surface area contributed by atoms with Crippen molar-refractivity contribution >= 4 is 21.4 Å². The third kappa shape index (κ3) is 7.27. The summed E-state index contributed by atoms with van der Waals surface area (Å²) < 4.78 is 23.9. The van der Waals surface area contributed by atoms with Crippen LogP contribution in [0, 0.1) is 6.92 Å². The Labute approximate surface area is 203 Å². The highest BCUT2D eigenvalue weighted by Gasteiger charge is 2.12. The largest absolute Gasteiger partial charge is 0.326 e. The standard InChI is InChI=1S/C28H34N2O3S/c1-4-18-30(21-25-9-7-6-8-22(25)3)20-24-10-14-26(15-11-24)29-28(31)19-23-12-16-27(17-13-23)34(32,33)5-2/h6-17H,4-5,18-21H2,1-3H3,(H,29,31). The average Bonchev–Trinajstić information content (AvgIpc) is 2.82. The fourth-order valence-corrected chi connectivity index (χ4v) is 4.77. The van der Waals surface area contributed by atoms with Crippen molar-refractivity contribution in [2.24, 2.45) is 0 Å². The lowest BCUT2D eigenvalue weighted by molar-refractivity contribution is -0.115. The van der Waals surface area contributed by atoms with Gasteiger partial charge in [-0.25, -0.2) is 8.42 Å². The van der Waals surface area contributed by atoms with Crippen LogP contribution in [-0.2, 0) is 34.1 Å². The monoisotopic (exact) mass is 478 g/mol. The van der Waals surface area contributed by atoms with Crippen LogP contribution in [0.25, 0.3) is 0 Å². The van der Waals surface area contributed by atoms with Crippen molar-refractivity contribution in [3.05, 3.63) is 95.1 Å². The molecule has 0 spiro atoms. The lowest BCUT2D eigenvalue weighted by Gasteiger charge is -2.23. The lowest BCUT2D eigenvalue weighted by atomic mass is 10.1. The fourth-order valence-electron chi connectivity index (χ4n) is 3.88. The van der Waals surface area contributed by atoms with Crippen LogP contribution < -0.4 is 5.32 Å². The van der Waals surface area contributed by atoms with Gasteiger partial charge in [0.05, 0.1) is 17.1 Å². The molecular formula is C28H34N2O3S. The van der Waals surface area contributed by atoms with Gasteiger partial charge in [-0.2, -0.15) is 0 Å². The third-order valence-corrected chi connectivity index (χ3v) is 7.62. The number of hydrogen-bond acceptors (Lipinski definition) is 4. The van der Waals surface area contributed by atoms with Gasteiger partial charge in [-0.3, -0.25) is 9.69 Å². The first-order chi connectivity index (χ1) is 16.3. The van der Waals surface area contributed by atoms with Crippen LogP contribution in [0.4, 0.5) is 5.69 Å². The summed E-state index contributed by atoms with van der Waals surface area (Å²) >= 11 is 0. The molecule has 0 saturated carbocycles. The summed E-state index contributed by atoms with van der Waals surface area (Å²) in [6.45, 7) is 8.75. The van der Waals surface area contributed by atoms with Gasteiger partial charge in [-0.15, -0.1) is 0 Å². The third-order valence-electron chi connectivity index (χ3n) is 5.87.